The number of carbonyl (C=O) groups is 1. The molecule has 0 atom stereocenters. The zero-order chi connectivity index (χ0) is 24.9. The summed E-state index contributed by atoms with van der Waals surface area (Å²) in [5.74, 6) is -0.208. The maximum atomic E-state index is 13.0. The number of nitrogens with one attached hydrogen (secondary N) is 1. The number of methoxy groups -OCH3 is 1. The molecule has 0 saturated carbocycles. The number of nitrogens with zero attached hydrogens (tertiary/aromatic N) is 2. The lowest BCUT2D eigenvalue weighted by Crippen LogP contribution is -2.26. The predicted molar refractivity (Wildman–Crippen MR) is 128 cm³/mol. The van der Waals surface area contributed by atoms with Gasteiger partial charge in [0, 0.05) is 23.0 Å². The molecule has 0 unspecified atom stereocenters. The van der Waals surface area contributed by atoms with E-state index in [4.69, 9.17) is 4.74 Å². The molecule has 0 fully saturated rings. The number of para-hydroxylation sites is 1. The average Bonchev–Trinajstić information content (AvgIpc) is 2.85. The van der Waals surface area contributed by atoms with Crippen molar-refractivity contribution in [3.63, 3.8) is 0 Å². The van der Waals surface area contributed by atoms with Crippen molar-refractivity contribution in [3.8, 4) is 28.3 Å². The molecule has 0 bridgehead atoms. The van der Waals surface area contributed by atoms with Crippen LogP contribution in [0.15, 0.2) is 83.7 Å². The van der Waals surface area contributed by atoms with Crippen LogP contribution in [0, 0.1) is 6.92 Å². The lowest BCUT2D eigenvalue weighted by atomic mass is 10.0. The van der Waals surface area contributed by atoms with Crippen LogP contribution in [0.4, 0.5) is 14.5 Å². The molecule has 35 heavy (non-hydrogen) atoms. The molecule has 1 N–H and O–H groups in total. The molecule has 4 rings (SSSR count). The van der Waals surface area contributed by atoms with Crippen LogP contribution < -0.4 is 20.2 Å². The summed E-state index contributed by atoms with van der Waals surface area (Å²) in [5, 5.41) is 6.88. The zero-order valence-corrected chi connectivity index (χ0v) is 18.9. The molecule has 1 heterocycles. The molecule has 7 nitrogen and oxygen atoms in total. The van der Waals surface area contributed by atoms with Crippen LogP contribution in [0.1, 0.15) is 16.2 Å². The third-order valence-electron chi connectivity index (χ3n) is 5.18. The highest BCUT2D eigenvalue weighted by molar-refractivity contribution is 6.03. The summed E-state index contributed by atoms with van der Waals surface area (Å²) in [6, 6.07) is 21.3. The van der Waals surface area contributed by atoms with Crippen molar-refractivity contribution >= 4 is 11.6 Å². The first kappa shape index (κ1) is 23.6. The van der Waals surface area contributed by atoms with Crippen molar-refractivity contribution < 1.29 is 23.0 Å². The van der Waals surface area contributed by atoms with E-state index in [1.807, 2.05) is 18.2 Å². The second-order valence-electron chi connectivity index (χ2n) is 7.52. The van der Waals surface area contributed by atoms with E-state index in [1.54, 1.807) is 43.3 Å². The molecule has 178 valence electrons. The SMILES string of the molecule is COc1ccc(-c2cc(NC(=O)c3nn(-c4ccccc4)c(C)cc3=O)ccc2OC(F)F)cc1. The number of benzene rings is 3. The quantitative estimate of drug-likeness (QED) is 0.402. The number of hydrogen-bond donors (Lipinski definition) is 1. The maximum absolute atomic E-state index is 13.0. The third-order valence-corrected chi connectivity index (χ3v) is 5.18. The van der Waals surface area contributed by atoms with E-state index in [2.05, 4.69) is 15.2 Å². The topological polar surface area (TPSA) is 82.5 Å². The van der Waals surface area contributed by atoms with E-state index in [9.17, 15) is 18.4 Å². The van der Waals surface area contributed by atoms with Gasteiger partial charge in [-0.05, 0) is 55.0 Å². The van der Waals surface area contributed by atoms with Gasteiger partial charge in [-0.1, -0.05) is 30.3 Å². The Morgan fingerprint density at radius 3 is 2.37 bits per heavy atom. The van der Waals surface area contributed by atoms with Gasteiger partial charge in [0.1, 0.15) is 11.5 Å². The van der Waals surface area contributed by atoms with E-state index in [-0.39, 0.29) is 17.1 Å². The van der Waals surface area contributed by atoms with Gasteiger partial charge in [0.05, 0.1) is 12.8 Å². The Morgan fingerprint density at radius 1 is 1.00 bits per heavy atom. The molecule has 0 aliphatic heterocycles. The number of amides is 1. The van der Waals surface area contributed by atoms with Crippen LogP contribution in [-0.4, -0.2) is 29.4 Å². The number of ether oxygens (including phenoxy) is 2. The molecule has 9 heteroatoms. The van der Waals surface area contributed by atoms with Crippen molar-refractivity contribution in [2.45, 2.75) is 13.5 Å². The van der Waals surface area contributed by atoms with Gasteiger partial charge in [-0.25, -0.2) is 4.68 Å². The highest BCUT2D eigenvalue weighted by Gasteiger charge is 2.18. The molecular formula is C26H21F2N3O4. The molecule has 3 aromatic carbocycles. The molecule has 0 saturated heterocycles. The van der Waals surface area contributed by atoms with E-state index in [0.29, 0.717) is 28.3 Å². The fraction of sp³-hybridized carbons (Fsp3) is 0.115. The van der Waals surface area contributed by atoms with Crippen LogP contribution in [0.5, 0.6) is 11.5 Å². The molecule has 1 aromatic heterocycles. The molecule has 0 aliphatic rings. The number of aromatic nitrogens is 2. The van der Waals surface area contributed by atoms with E-state index >= 15 is 0 Å². The van der Waals surface area contributed by atoms with Gasteiger partial charge >= 0.3 is 6.61 Å². The minimum atomic E-state index is -3.03. The third kappa shape index (κ3) is 5.35. The molecule has 0 spiro atoms. The summed E-state index contributed by atoms with van der Waals surface area (Å²) in [6.45, 7) is -1.31. The number of halogens is 2. The molecule has 0 aliphatic carbocycles. The van der Waals surface area contributed by atoms with Crippen LogP contribution in [0.3, 0.4) is 0 Å². The Balaban J connectivity index is 1.68. The predicted octanol–water partition coefficient (Wildman–Crippen LogP) is 5.07. The molecule has 4 aromatic rings. The smallest absolute Gasteiger partial charge is 0.387 e. The lowest BCUT2D eigenvalue weighted by molar-refractivity contribution is -0.0494. The van der Waals surface area contributed by atoms with Gasteiger partial charge in [0.15, 0.2) is 5.69 Å². The van der Waals surface area contributed by atoms with Crippen molar-refractivity contribution in [2.24, 2.45) is 0 Å². The highest BCUT2D eigenvalue weighted by atomic mass is 19.3. The summed E-state index contributed by atoms with van der Waals surface area (Å²) >= 11 is 0. The van der Waals surface area contributed by atoms with Crippen LogP contribution in [0.25, 0.3) is 16.8 Å². The normalized spacial score (nSPS) is 10.8. The number of alkyl halides is 2. The Morgan fingerprint density at radius 2 is 1.71 bits per heavy atom. The Hall–Kier alpha value is -4.53. The Kier molecular flexibility index (Phi) is 6.86. The van der Waals surface area contributed by atoms with Gasteiger partial charge in [-0.2, -0.15) is 13.9 Å². The average molecular weight is 477 g/mol. The minimum Gasteiger partial charge on any atom is -0.497 e. The van der Waals surface area contributed by atoms with Gasteiger partial charge in [0.25, 0.3) is 5.91 Å². The van der Waals surface area contributed by atoms with Crippen LogP contribution >= 0.6 is 0 Å². The highest BCUT2D eigenvalue weighted by Crippen LogP contribution is 2.34. The number of anilines is 1. The van der Waals surface area contributed by atoms with Crippen LogP contribution in [0.2, 0.25) is 0 Å². The maximum Gasteiger partial charge on any atom is 0.387 e. The fourth-order valence-corrected chi connectivity index (χ4v) is 3.53. The van der Waals surface area contributed by atoms with Crippen LogP contribution in [-0.2, 0) is 0 Å². The summed E-state index contributed by atoms with van der Waals surface area (Å²) in [5.41, 5.74) is 1.57. The largest absolute Gasteiger partial charge is 0.497 e. The molecule has 0 radical (unpaired) electrons. The second-order valence-corrected chi connectivity index (χ2v) is 7.52. The lowest BCUT2D eigenvalue weighted by Gasteiger charge is -2.14. The minimum absolute atomic E-state index is 0.0666. The summed E-state index contributed by atoms with van der Waals surface area (Å²) in [6.07, 6.45) is 0. The van der Waals surface area contributed by atoms with Crippen molar-refractivity contribution in [1.29, 1.82) is 0 Å². The zero-order valence-electron chi connectivity index (χ0n) is 18.9. The molecular weight excluding hydrogens is 456 g/mol. The van der Waals surface area contributed by atoms with E-state index < -0.39 is 17.9 Å². The van der Waals surface area contributed by atoms with Crippen molar-refractivity contribution in [3.05, 3.63) is 100 Å². The first-order valence-corrected chi connectivity index (χ1v) is 10.6. The van der Waals surface area contributed by atoms with Crippen molar-refractivity contribution in [2.75, 3.05) is 12.4 Å². The first-order chi connectivity index (χ1) is 16.9. The van der Waals surface area contributed by atoms with Gasteiger partial charge in [-0.15, -0.1) is 0 Å². The van der Waals surface area contributed by atoms with Crippen molar-refractivity contribution in [1.82, 2.24) is 9.78 Å². The van der Waals surface area contributed by atoms with Gasteiger partial charge < -0.3 is 14.8 Å². The van der Waals surface area contributed by atoms with Gasteiger partial charge in [-0.3, -0.25) is 9.59 Å². The number of hydrogen-bond acceptors (Lipinski definition) is 5. The monoisotopic (exact) mass is 477 g/mol. The Labute approximate surface area is 199 Å². The summed E-state index contributed by atoms with van der Waals surface area (Å²) in [4.78, 5) is 25.5. The second kappa shape index (κ2) is 10.2. The van der Waals surface area contributed by atoms with E-state index in [0.717, 1.165) is 0 Å². The number of carbonyl (C=O) groups excluding carboxylic acids is 1. The fourth-order valence-electron chi connectivity index (χ4n) is 3.53. The van der Waals surface area contributed by atoms with E-state index in [1.165, 1.54) is 36.1 Å². The molecule has 1 amide bonds. The number of aryl methyl sites for hydroxylation is 1. The Bertz CT molecular complexity index is 1400. The summed E-state index contributed by atoms with van der Waals surface area (Å²) in [7, 11) is 1.52. The summed E-state index contributed by atoms with van der Waals surface area (Å²) < 4.78 is 37.2. The number of rotatable bonds is 7. The first-order valence-electron chi connectivity index (χ1n) is 10.6. The standard InChI is InChI=1S/C26H21F2N3O4/c1-16-14-22(32)24(30-31(16)19-6-4-3-5-7-19)25(33)29-18-10-13-23(35-26(27)28)21(15-18)17-8-11-20(34-2)12-9-17/h3-15,26H,1-2H3,(H,29,33). The van der Waals surface area contributed by atoms with Gasteiger partial charge in [0.2, 0.25) is 5.43 Å².